The lowest BCUT2D eigenvalue weighted by molar-refractivity contribution is 0.0747. The predicted molar refractivity (Wildman–Crippen MR) is 128 cm³/mol. The number of benzene rings is 3. The summed E-state index contributed by atoms with van der Waals surface area (Å²) in [6.45, 7) is 2.91. The average molecular weight is 479 g/mol. The van der Waals surface area contributed by atoms with E-state index in [-0.39, 0.29) is 11.9 Å². The van der Waals surface area contributed by atoms with Crippen LogP contribution in [-0.2, 0) is 0 Å². The monoisotopic (exact) mass is 478 g/mol. The van der Waals surface area contributed by atoms with Gasteiger partial charge in [-0.05, 0) is 54.6 Å². The largest absolute Gasteiger partial charge is 0.368 e. The van der Waals surface area contributed by atoms with Crippen molar-refractivity contribution >= 4 is 44.9 Å². The van der Waals surface area contributed by atoms with Gasteiger partial charge in [-0.1, -0.05) is 40.2 Å². The Morgan fingerprint density at radius 1 is 0.742 bits per heavy atom. The van der Waals surface area contributed by atoms with Gasteiger partial charge in [-0.3, -0.25) is 4.79 Å². The van der Waals surface area contributed by atoms with Crippen molar-refractivity contribution in [2.75, 3.05) is 41.7 Å². The molecule has 1 saturated heterocycles. The second kappa shape index (κ2) is 9.66. The molecule has 0 atom stereocenters. The van der Waals surface area contributed by atoms with E-state index >= 15 is 0 Å². The molecule has 158 valence electrons. The number of piperazine rings is 1. The molecule has 0 aromatic heterocycles. The standard InChI is InChI=1S/C24H23BrN4O2/c25-19-7-4-8-21(17-19)27-24(31)26-20-9-11-22(12-10-20)28-13-15-29(16-14-28)23(30)18-5-2-1-3-6-18/h1-12,17H,13-16H2,(H2,26,27,31). The summed E-state index contributed by atoms with van der Waals surface area (Å²) in [5.41, 5.74) is 3.23. The summed E-state index contributed by atoms with van der Waals surface area (Å²) in [5.74, 6) is 0.0799. The van der Waals surface area contributed by atoms with Gasteiger partial charge in [-0.15, -0.1) is 0 Å². The topological polar surface area (TPSA) is 64.7 Å². The number of amides is 3. The Morgan fingerprint density at radius 2 is 1.42 bits per heavy atom. The van der Waals surface area contributed by atoms with Crippen LogP contribution < -0.4 is 15.5 Å². The average Bonchev–Trinajstić information content (AvgIpc) is 2.80. The summed E-state index contributed by atoms with van der Waals surface area (Å²) in [7, 11) is 0. The first-order valence-corrected chi connectivity index (χ1v) is 10.9. The predicted octanol–water partition coefficient (Wildman–Crippen LogP) is 5.06. The molecule has 1 aliphatic rings. The zero-order valence-electron chi connectivity index (χ0n) is 16.9. The number of anilines is 3. The number of hydrogen-bond acceptors (Lipinski definition) is 3. The Bertz CT molecular complexity index is 1050. The highest BCUT2D eigenvalue weighted by atomic mass is 79.9. The van der Waals surface area contributed by atoms with Crippen molar-refractivity contribution in [1.82, 2.24) is 4.90 Å². The van der Waals surface area contributed by atoms with Crippen LogP contribution in [0, 0.1) is 0 Å². The molecule has 1 aliphatic heterocycles. The molecule has 0 bridgehead atoms. The van der Waals surface area contributed by atoms with Gasteiger partial charge in [-0.2, -0.15) is 0 Å². The van der Waals surface area contributed by atoms with Crippen LogP contribution >= 0.6 is 15.9 Å². The van der Waals surface area contributed by atoms with E-state index in [1.54, 1.807) is 0 Å². The summed E-state index contributed by atoms with van der Waals surface area (Å²) in [4.78, 5) is 29.0. The zero-order chi connectivity index (χ0) is 21.6. The normalized spacial score (nSPS) is 13.6. The van der Waals surface area contributed by atoms with E-state index in [1.807, 2.05) is 83.8 Å². The maximum absolute atomic E-state index is 12.6. The second-order valence-electron chi connectivity index (χ2n) is 7.28. The lowest BCUT2D eigenvalue weighted by Gasteiger charge is -2.36. The summed E-state index contributed by atoms with van der Waals surface area (Å²) in [6, 6.07) is 24.3. The van der Waals surface area contributed by atoms with Crippen molar-refractivity contribution in [3.63, 3.8) is 0 Å². The van der Waals surface area contributed by atoms with Crippen LogP contribution in [0.4, 0.5) is 21.9 Å². The fraction of sp³-hybridized carbons (Fsp3) is 0.167. The Kier molecular flexibility index (Phi) is 6.52. The van der Waals surface area contributed by atoms with E-state index in [2.05, 4.69) is 31.5 Å². The molecular weight excluding hydrogens is 456 g/mol. The maximum atomic E-state index is 12.6. The number of rotatable bonds is 4. The van der Waals surface area contributed by atoms with Crippen LogP contribution in [-0.4, -0.2) is 43.0 Å². The van der Waals surface area contributed by atoms with E-state index in [0.29, 0.717) is 24.5 Å². The van der Waals surface area contributed by atoms with Crippen molar-refractivity contribution < 1.29 is 9.59 Å². The van der Waals surface area contributed by atoms with Gasteiger partial charge < -0.3 is 20.4 Å². The van der Waals surface area contributed by atoms with Gasteiger partial charge in [0, 0.05) is 53.3 Å². The molecule has 0 saturated carbocycles. The van der Waals surface area contributed by atoms with E-state index in [0.717, 1.165) is 28.8 Å². The number of carbonyl (C=O) groups excluding carboxylic acids is 2. The first-order chi connectivity index (χ1) is 15.1. The van der Waals surface area contributed by atoms with Gasteiger partial charge in [0.15, 0.2) is 0 Å². The highest BCUT2D eigenvalue weighted by Gasteiger charge is 2.22. The van der Waals surface area contributed by atoms with E-state index in [9.17, 15) is 9.59 Å². The Balaban J connectivity index is 1.29. The van der Waals surface area contributed by atoms with Gasteiger partial charge in [0.1, 0.15) is 0 Å². The summed E-state index contributed by atoms with van der Waals surface area (Å²) in [6.07, 6.45) is 0. The molecule has 0 radical (unpaired) electrons. The molecule has 4 rings (SSSR count). The van der Waals surface area contributed by atoms with Crippen LogP contribution in [0.5, 0.6) is 0 Å². The van der Waals surface area contributed by atoms with Crippen molar-refractivity contribution in [3.8, 4) is 0 Å². The Morgan fingerprint density at radius 3 is 2.10 bits per heavy atom. The minimum Gasteiger partial charge on any atom is -0.368 e. The molecule has 3 aromatic rings. The minimum atomic E-state index is -0.293. The van der Waals surface area contributed by atoms with E-state index < -0.39 is 0 Å². The van der Waals surface area contributed by atoms with Crippen LogP contribution in [0.25, 0.3) is 0 Å². The quantitative estimate of drug-likeness (QED) is 0.550. The lowest BCUT2D eigenvalue weighted by atomic mass is 10.1. The van der Waals surface area contributed by atoms with Crippen molar-refractivity contribution in [2.24, 2.45) is 0 Å². The van der Waals surface area contributed by atoms with Crippen LogP contribution in [0.2, 0.25) is 0 Å². The second-order valence-corrected chi connectivity index (χ2v) is 8.20. The molecule has 0 spiro atoms. The molecule has 31 heavy (non-hydrogen) atoms. The molecule has 3 aromatic carbocycles. The Hall–Kier alpha value is -3.32. The third-order valence-corrected chi connectivity index (χ3v) is 5.65. The first kappa shape index (κ1) is 20.9. The molecule has 2 N–H and O–H groups in total. The fourth-order valence-electron chi connectivity index (χ4n) is 3.55. The fourth-order valence-corrected chi connectivity index (χ4v) is 3.95. The summed E-state index contributed by atoms with van der Waals surface area (Å²) >= 11 is 3.39. The van der Waals surface area contributed by atoms with E-state index in [4.69, 9.17) is 0 Å². The minimum absolute atomic E-state index is 0.0799. The van der Waals surface area contributed by atoms with Crippen LogP contribution in [0.1, 0.15) is 10.4 Å². The lowest BCUT2D eigenvalue weighted by Crippen LogP contribution is -2.48. The van der Waals surface area contributed by atoms with E-state index in [1.165, 1.54) is 0 Å². The summed E-state index contributed by atoms with van der Waals surface area (Å²) in [5, 5.41) is 5.65. The molecule has 1 fully saturated rings. The van der Waals surface area contributed by atoms with Crippen LogP contribution in [0.15, 0.2) is 83.3 Å². The van der Waals surface area contributed by atoms with Gasteiger partial charge in [0.05, 0.1) is 0 Å². The van der Waals surface area contributed by atoms with Gasteiger partial charge in [-0.25, -0.2) is 4.79 Å². The third kappa shape index (κ3) is 5.44. The Labute approximate surface area is 190 Å². The maximum Gasteiger partial charge on any atom is 0.323 e. The summed E-state index contributed by atoms with van der Waals surface area (Å²) < 4.78 is 0.903. The molecular formula is C24H23BrN4O2. The van der Waals surface area contributed by atoms with Gasteiger partial charge in [0.25, 0.3) is 5.91 Å². The molecule has 1 heterocycles. The van der Waals surface area contributed by atoms with Crippen molar-refractivity contribution in [2.45, 2.75) is 0 Å². The molecule has 0 unspecified atom stereocenters. The number of urea groups is 1. The van der Waals surface area contributed by atoms with Crippen molar-refractivity contribution in [3.05, 3.63) is 88.9 Å². The van der Waals surface area contributed by atoms with Crippen molar-refractivity contribution in [1.29, 1.82) is 0 Å². The van der Waals surface area contributed by atoms with Crippen LogP contribution in [0.3, 0.4) is 0 Å². The molecule has 6 nitrogen and oxygen atoms in total. The smallest absolute Gasteiger partial charge is 0.323 e. The number of carbonyl (C=O) groups is 2. The highest BCUT2D eigenvalue weighted by molar-refractivity contribution is 9.10. The third-order valence-electron chi connectivity index (χ3n) is 5.16. The number of nitrogens with one attached hydrogen (secondary N) is 2. The first-order valence-electron chi connectivity index (χ1n) is 10.1. The number of nitrogens with zero attached hydrogens (tertiary/aromatic N) is 2. The number of hydrogen-bond donors (Lipinski definition) is 2. The van der Waals surface area contributed by atoms with Gasteiger partial charge >= 0.3 is 6.03 Å². The zero-order valence-corrected chi connectivity index (χ0v) is 18.5. The molecule has 7 heteroatoms. The number of halogens is 1. The van der Waals surface area contributed by atoms with Gasteiger partial charge in [0.2, 0.25) is 0 Å². The molecule has 0 aliphatic carbocycles. The molecule has 3 amide bonds. The SMILES string of the molecule is O=C(Nc1ccc(N2CCN(C(=O)c3ccccc3)CC2)cc1)Nc1cccc(Br)c1. The highest BCUT2D eigenvalue weighted by Crippen LogP contribution is 2.21.